The van der Waals surface area contributed by atoms with Gasteiger partial charge in [0, 0.05) is 6.42 Å². The highest BCUT2D eigenvalue weighted by molar-refractivity contribution is 6.24. The van der Waals surface area contributed by atoms with Crippen LogP contribution < -0.4 is 5.32 Å². The van der Waals surface area contributed by atoms with Crippen LogP contribution in [0.5, 0.6) is 0 Å². The van der Waals surface area contributed by atoms with Gasteiger partial charge in [-0.05, 0) is 5.56 Å². The van der Waals surface area contributed by atoms with Gasteiger partial charge in [0.05, 0.1) is 0 Å². The van der Waals surface area contributed by atoms with E-state index in [-0.39, 0.29) is 12.7 Å². The molecule has 84 valence electrons. The standard InChI is InChI=1S/C11H11NO4/c13-7-10(14)12-9(11(15)16)6-8-4-2-1-3-5-8/h1-5,7,9H,6H2,(H,12,14)(H,15,16)/t9-/m0/s1. The zero-order valence-corrected chi connectivity index (χ0v) is 8.42. The lowest BCUT2D eigenvalue weighted by Crippen LogP contribution is -2.42. The van der Waals surface area contributed by atoms with E-state index in [1.807, 2.05) is 6.07 Å². The van der Waals surface area contributed by atoms with Gasteiger partial charge in [0.15, 0.2) is 0 Å². The Balaban J connectivity index is 2.69. The molecule has 5 nitrogen and oxygen atoms in total. The number of amides is 1. The van der Waals surface area contributed by atoms with E-state index in [4.69, 9.17) is 5.11 Å². The van der Waals surface area contributed by atoms with E-state index < -0.39 is 17.9 Å². The van der Waals surface area contributed by atoms with Crippen LogP contribution in [0.2, 0.25) is 0 Å². The molecule has 0 fully saturated rings. The summed E-state index contributed by atoms with van der Waals surface area (Å²) in [5.41, 5.74) is 0.779. The molecule has 1 aromatic rings. The molecular weight excluding hydrogens is 210 g/mol. The second-order valence-electron chi connectivity index (χ2n) is 3.21. The smallest absolute Gasteiger partial charge is 0.326 e. The molecule has 0 radical (unpaired) electrons. The number of nitrogens with one attached hydrogen (secondary N) is 1. The van der Waals surface area contributed by atoms with Gasteiger partial charge in [-0.2, -0.15) is 0 Å². The molecule has 0 bridgehead atoms. The van der Waals surface area contributed by atoms with Gasteiger partial charge in [-0.15, -0.1) is 0 Å². The van der Waals surface area contributed by atoms with Crippen LogP contribution in [0.1, 0.15) is 5.56 Å². The summed E-state index contributed by atoms with van der Waals surface area (Å²) in [6.45, 7) is 0. The molecule has 0 unspecified atom stereocenters. The van der Waals surface area contributed by atoms with Crippen molar-refractivity contribution in [1.29, 1.82) is 0 Å². The second-order valence-corrected chi connectivity index (χ2v) is 3.21. The van der Waals surface area contributed by atoms with Crippen LogP contribution in [0.15, 0.2) is 30.3 Å². The summed E-state index contributed by atoms with van der Waals surface area (Å²) < 4.78 is 0. The number of carbonyl (C=O) groups is 3. The Bertz CT molecular complexity index is 388. The highest BCUT2D eigenvalue weighted by Crippen LogP contribution is 2.03. The second kappa shape index (κ2) is 5.65. The number of hydrogen-bond acceptors (Lipinski definition) is 3. The van der Waals surface area contributed by atoms with Crippen molar-refractivity contribution in [2.75, 3.05) is 0 Å². The maximum absolute atomic E-state index is 10.8. The zero-order chi connectivity index (χ0) is 12.0. The topological polar surface area (TPSA) is 83.5 Å². The summed E-state index contributed by atoms with van der Waals surface area (Å²) in [7, 11) is 0. The first-order chi connectivity index (χ1) is 7.63. The number of aldehydes is 1. The summed E-state index contributed by atoms with van der Waals surface area (Å²) in [5.74, 6) is -2.10. The first kappa shape index (κ1) is 11.9. The van der Waals surface area contributed by atoms with Crippen molar-refractivity contribution < 1.29 is 19.5 Å². The van der Waals surface area contributed by atoms with E-state index in [9.17, 15) is 14.4 Å². The van der Waals surface area contributed by atoms with Crippen LogP contribution in [-0.4, -0.2) is 29.3 Å². The lowest BCUT2D eigenvalue weighted by atomic mass is 10.1. The Kier molecular flexibility index (Phi) is 4.20. The van der Waals surface area contributed by atoms with E-state index in [2.05, 4.69) is 5.32 Å². The van der Waals surface area contributed by atoms with Gasteiger partial charge >= 0.3 is 5.97 Å². The van der Waals surface area contributed by atoms with Gasteiger partial charge in [0.2, 0.25) is 6.29 Å². The first-order valence-corrected chi connectivity index (χ1v) is 4.66. The SMILES string of the molecule is O=CC(=O)N[C@@H](Cc1ccccc1)C(=O)O. The molecule has 1 rings (SSSR count). The first-order valence-electron chi connectivity index (χ1n) is 4.66. The fraction of sp³-hybridized carbons (Fsp3) is 0.182. The Morgan fingerprint density at radius 1 is 1.31 bits per heavy atom. The molecule has 0 spiro atoms. The van der Waals surface area contributed by atoms with Crippen molar-refractivity contribution in [3.63, 3.8) is 0 Å². The minimum Gasteiger partial charge on any atom is -0.480 e. The molecule has 0 aliphatic heterocycles. The predicted octanol–water partition coefficient (Wildman–Crippen LogP) is -0.00260. The molecule has 0 saturated carbocycles. The van der Waals surface area contributed by atoms with Crippen LogP contribution in [0.25, 0.3) is 0 Å². The maximum Gasteiger partial charge on any atom is 0.326 e. The van der Waals surface area contributed by atoms with Gasteiger partial charge in [-0.3, -0.25) is 9.59 Å². The van der Waals surface area contributed by atoms with Gasteiger partial charge in [0.1, 0.15) is 6.04 Å². The minimum atomic E-state index is -1.17. The molecule has 0 aromatic heterocycles. The number of rotatable bonds is 5. The number of hydrogen-bond donors (Lipinski definition) is 2. The summed E-state index contributed by atoms with van der Waals surface area (Å²) >= 11 is 0. The highest BCUT2D eigenvalue weighted by atomic mass is 16.4. The maximum atomic E-state index is 10.8. The van der Waals surface area contributed by atoms with Crippen molar-refractivity contribution in [2.45, 2.75) is 12.5 Å². The normalized spacial score (nSPS) is 11.5. The van der Waals surface area contributed by atoms with Crippen molar-refractivity contribution in [2.24, 2.45) is 0 Å². The van der Waals surface area contributed by atoms with Crippen LogP contribution >= 0.6 is 0 Å². The van der Waals surface area contributed by atoms with E-state index in [1.54, 1.807) is 24.3 Å². The monoisotopic (exact) mass is 221 g/mol. The fourth-order valence-electron chi connectivity index (χ4n) is 1.26. The van der Waals surface area contributed by atoms with Crippen LogP contribution in [0.3, 0.4) is 0 Å². The molecule has 1 amide bonds. The van der Waals surface area contributed by atoms with Crippen LogP contribution in [-0.2, 0) is 20.8 Å². The molecule has 1 atom stereocenters. The van der Waals surface area contributed by atoms with Gasteiger partial charge in [-0.1, -0.05) is 30.3 Å². The van der Waals surface area contributed by atoms with E-state index in [0.29, 0.717) is 0 Å². The third kappa shape index (κ3) is 3.53. The lowest BCUT2D eigenvalue weighted by molar-refractivity contribution is -0.142. The van der Waals surface area contributed by atoms with Crippen molar-refractivity contribution >= 4 is 18.2 Å². The van der Waals surface area contributed by atoms with E-state index in [1.165, 1.54) is 0 Å². The molecule has 0 aliphatic carbocycles. The van der Waals surface area contributed by atoms with Crippen molar-refractivity contribution in [3.8, 4) is 0 Å². The Hall–Kier alpha value is -2.17. The van der Waals surface area contributed by atoms with Gasteiger partial charge in [0.25, 0.3) is 5.91 Å². The Morgan fingerprint density at radius 2 is 1.94 bits per heavy atom. The molecule has 16 heavy (non-hydrogen) atoms. The number of aliphatic carboxylic acids is 1. The minimum absolute atomic E-state index is 0.0565. The molecule has 5 heteroatoms. The largest absolute Gasteiger partial charge is 0.480 e. The average Bonchev–Trinajstić information content (AvgIpc) is 2.29. The molecule has 0 saturated heterocycles. The molecule has 1 aromatic carbocycles. The molecular formula is C11H11NO4. The Labute approximate surface area is 92.1 Å². The lowest BCUT2D eigenvalue weighted by Gasteiger charge is -2.12. The summed E-state index contributed by atoms with van der Waals surface area (Å²) in [6, 6.07) is 7.78. The summed E-state index contributed by atoms with van der Waals surface area (Å²) in [5, 5.41) is 11.0. The van der Waals surface area contributed by atoms with Gasteiger partial charge < -0.3 is 10.4 Å². The molecule has 0 heterocycles. The summed E-state index contributed by atoms with van der Waals surface area (Å²) in [4.78, 5) is 31.7. The third-order valence-electron chi connectivity index (χ3n) is 2.00. The average molecular weight is 221 g/mol. The van der Waals surface area contributed by atoms with Crippen LogP contribution in [0, 0.1) is 0 Å². The fourth-order valence-corrected chi connectivity index (χ4v) is 1.26. The number of carboxylic acids is 1. The third-order valence-corrected chi connectivity index (χ3v) is 2.00. The number of benzene rings is 1. The predicted molar refractivity (Wildman–Crippen MR) is 55.8 cm³/mol. The summed E-state index contributed by atoms with van der Waals surface area (Å²) in [6.07, 6.45) is 0.205. The number of carboxylic acid groups (broad SMARTS) is 1. The number of carbonyl (C=O) groups excluding carboxylic acids is 2. The highest BCUT2D eigenvalue weighted by Gasteiger charge is 2.19. The van der Waals surface area contributed by atoms with E-state index in [0.717, 1.165) is 5.56 Å². The Morgan fingerprint density at radius 3 is 2.44 bits per heavy atom. The van der Waals surface area contributed by atoms with E-state index >= 15 is 0 Å². The van der Waals surface area contributed by atoms with Crippen molar-refractivity contribution in [1.82, 2.24) is 5.32 Å². The molecule has 0 aliphatic rings. The zero-order valence-electron chi connectivity index (χ0n) is 8.42. The van der Waals surface area contributed by atoms with Crippen LogP contribution in [0.4, 0.5) is 0 Å². The van der Waals surface area contributed by atoms with Gasteiger partial charge in [-0.25, -0.2) is 4.79 Å². The van der Waals surface area contributed by atoms with Crippen molar-refractivity contribution in [3.05, 3.63) is 35.9 Å². The quantitative estimate of drug-likeness (QED) is 0.541. The molecule has 2 N–H and O–H groups in total.